The third kappa shape index (κ3) is 5.65. The van der Waals surface area contributed by atoms with E-state index >= 15 is 0 Å². The van der Waals surface area contributed by atoms with E-state index < -0.39 is 0 Å². The van der Waals surface area contributed by atoms with Crippen LogP contribution in [0.2, 0.25) is 0 Å². The number of nitrogens with zero attached hydrogens (tertiary/aromatic N) is 1. The standard InChI is InChI=1S/C14H30N2O2/c1-12-4-5-14(15-2)13(10-12)11-16(3)6-8-18-9-7-17/h12-15,17H,4-11H2,1-3H3. The average molecular weight is 258 g/mol. The first kappa shape index (κ1) is 15.9. The highest BCUT2D eigenvalue weighted by Gasteiger charge is 2.28. The largest absolute Gasteiger partial charge is 0.394 e. The molecule has 3 atom stereocenters. The van der Waals surface area contributed by atoms with Crippen LogP contribution < -0.4 is 5.32 Å². The zero-order valence-electron chi connectivity index (χ0n) is 12.2. The summed E-state index contributed by atoms with van der Waals surface area (Å²) in [6, 6.07) is 0.669. The summed E-state index contributed by atoms with van der Waals surface area (Å²) in [5.74, 6) is 1.61. The Labute approximate surface area is 112 Å². The van der Waals surface area contributed by atoms with Crippen molar-refractivity contribution in [1.29, 1.82) is 0 Å². The second kappa shape index (κ2) is 8.86. The Kier molecular flexibility index (Phi) is 7.82. The Morgan fingerprint density at radius 2 is 2.11 bits per heavy atom. The van der Waals surface area contributed by atoms with Gasteiger partial charge < -0.3 is 20.1 Å². The predicted octanol–water partition coefficient (Wildman–Crippen LogP) is 0.951. The van der Waals surface area contributed by atoms with Gasteiger partial charge in [0.15, 0.2) is 0 Å². The zero-order chi connectivity index (χ0) is 13.4. The Bertz CT molecular complexity index is 214. The van der Waals surface area contributed by atoms with Gasteiger partial charge in [-0.05, 0) is 45.2 Å². The van der Waals surface area contributed by atoms with Crippen molar-refractivity contribution in [3.63, 3.8) is 0 Å². The quantitative estimate of drug-likeness (QED) is 0.636. The van der Waals surface area contributed by atoms with E-state index in [0.717, 1.165) is 24.9 Å². The molecule has 0 saturated heterocycles. The van der Waals surface area contributed by atoms with Gasteiger partial charge in [0.2, 0.25) is 0 Å². The van der Waals surface area contributed by atoms with Crippen LogP contribution in [0.1, 0.15) is 26.2 Å². The van der Waals surface area contributed by atoms with Crippen LogP contribution in [0, 0.1) is 11.8 Å². The summed E-state index contributed by atoms with van der Waals surface area (Å²) < 4.78 is 5.31. The molecule has 0 amide bonds. The number of aliphatic hydroxyl groups is 1. The van der Waals surface area contributed by atoms with Crippen LogP contribution in [0.4, 0.5) is 0 Å². The fourth-order valence-electron chi connectivity index (χ4n) is 2.96. The molecule has 0 aliphatic heterocycles. The van der Waals surface area contributed by atoms with Gasteiger partial charge in [0.25, 0.3) is 0 Å². The lowest BCUT2D eigenvalue weighted by Crippen LogP contribution is -2.44. The average Bonchev–Trinajstić information content (AvgIpc) is 2.35. The number of nitrogens with one attached hydrogen (secondary N) is 1. The second-order valence-electron chi connectivity index (χ2n) is 5.67. The maximum Gasteiger partial charge on any atom is 0.0698 e. The minimum Gasteiger partial charge on any atom is -0.394 e. The van der Waals surface area contributed by atoms with Crippen LogP contribution >= 0.6 is 0 Å². The molecule has 1 rings (SSSR count). The van der Waals surface area contributed by atoms with Crippen LogP contribution in [0.3, 0.4) is 0 Å². The molecule has 1 saturated carbocycles. The Balaban J connectivity index is 2.25. The summed E-state index contributed by atoms with van der Waals surface area (Å²) in [5.41, 5.74) is 0. The molecule has 4 nitrogen and oxygen atoms in total. The fraction of sp³-hybridized carbons (Fsp3) is 1.00. The van der Waals surface area contributed by atoms with Crippen molar-refractivity contribution < 1.29 is 9.84 Å². The van der Waals surface area contributed by atoms with Crippen molar-refractivity contribution in [1.82, 2.24) is 10.2 Å². The van der Waals surface area contributed by atoms with E-state index in [1.807, 2.05) is 0 Å². The van der Waals surface area contributed by atoms with Gasteiger partial charge in [0, 0.05) is 19.1 Å². The van der Waals surface area contributed by atoms with Crippen molar-refractivity contribution in [3.05, 3.63) is 0 Å². The van der Waals surface area contributed by atoms with Gasteiger partial charge >= 0.3 is 0 Å². The molecule has 0 aromatic heterocycles. The number of likely N-dealkylation sites (N-methyl/N-ethyl adjacent to an activating group) is 1. The van der Waals surface area contributed by atoms with E-state index in [1.165, 1.54) is 19.3 Å². The predicted molar refractivity (Wildman–Crippen MR) is 74.8 cm³/mol. The topological polar surface area (TPSA) is 44.7 Å². The van der Waals surface area contributed by atoms with Crippen LogP contribution in [0.5, 0.6) is 0 Å². The van der Waals surface area contributed by atoms with E-state index in [0.29, 0.717) is 19.3 Å². The Morgan fingerprint density at radius 1 is 1.33 bits per heavy atom. The molecular formula is C14H30N2O2. The first-order valence-electron chi connectivity index (χ1n) is 7.21. The van der Waals surface area contributed by atoms with Gasteiger partial charge in [-0.15, -0.1) is 0 Å². The maximum absolute atomic E-state index is 8.64. The first-order chi connectivity index (χ1) is 8.67. The number of hydrogen-bond donors (Lipinski definition) is 2. The molecule has 1 aliphatic rings. The van der Waals surface area contributed by atoms with Crippen LogP contribution in [-0.4, -0.2) is 63.1 Å². The molecule has 2 N–H and O–H groups in total. The van der Waals surface area contributed by atoms with Crippen molar-refractivity contribution in [2.24, 2.45) is 11.8 Å². The van der Waals surface area contributed by atoms with Gasteiger partial charge in [0.1, 0.15) is 0 Å². The summed E-state index contributed by atoms with van der Waals surface area (Å²) in [6.45, 7) is 5.73. The minimum atomic E-state index is 0.117. The summed E-state index contributed by atoms with van der Waals surface area (Å²) in [4.78, 5) is 2.35. The van der Waals surface area contributed by atoms with Crippen molar-refractivity contribution >= 4 is 0 Å². The fourth-order valence-corrected chi connectivity index (χ4v) is 2.96. The molecule has 0 aromatic rings. The smallest absolute Gasteiger partial charge is 0.0698 e. The molecule has 0 radical (unpaired) electrons. The van der Waals surface area contributed by atoms with Gasteiger partial charge in [0.05, 0.1) is 19.8 Å². The summed E-state index contributed by atoms with van der Waals surface area (Å²) in [6.07, 6.45) is 3.98. The van der Waals surface area contributed by atoms with Crippen LogP contribution in [-0.2, 0) is 4.74 Å². The molecule has 3 unspecified atom stereocenters. The highest BCUT2D eigenvalue weighted by atomic mass is 16.5. The molecule has 18 heavy (non-hydrogen) atoms. The third-order valence-electron chi connectivity index (χ3n) is 4.01. The van der Waals surface area contributed by atoms with E-state index in [2.05, 4.69) is 31.2 Å². The molecule has 0 spiro atoms. The van der Waals surface area contributed by atoms with Gasteiger partial charge in [-0.1, -0.05) is 6.92 Å². The number of rotatable bonds is 8. The minimum absolute atomic E-state index is 0.117. The van der Waals surface area contributed by atoms with Gasteiger partial charge in [-0.25, -0.2) is 0 Å². The molecule has 0 aromatic carbocycles. The van der Waals surface area contributed by atoms with E-state index in [9.17, 15) is 0 Å². The summed E-state index contributed by atoms with van der Waals surface area (Å²) >= 11 is 0. The summed E-state index contributed by atoms with van der Waals surface area (Å²) in [5, 5.41) is 12.1. The normalized spacial score (nSPS) is 28.8. The highest BCUT2D eigenvalue weighted by Crippen LogP contribution is 2.29. The maximum atomic E-state index is 8.64. The zero-order valence-corrected chi connectivity index (χ0v) is 12.2. The lowest BCUT2D eigenvalue weighted by atomic mass is 9.78. The van der Waals surface area contributed by atoms with Crippen molar-refractivity contribution in [2.45, 2.75) is 32.2 Å². The number of ether oxygens (including phenoxy) is 1. The second-order valence-corrected chi connectivity index (χ2v) is 5.67. The molecule has 108 valence electrons. The van der Waals surface area contributed by atoms with Gasteiger partial charge in [-0.2, -0.15) is 0 Å². The molecule has 0 heterocycles. The van der Waals surface area contributed by atoms with E-state index in [1.54, 1.807) is 0 Å². The Hall–Kier alpha value is -0.160. The molecule has 1 fully saturated rings. The SMILES string of the molecule is CNC1CCC(C)CC1CN(C)CCOCCO. The number of aliphatic hydroxyl groups excluding tert-OH is 1. The molecular weight excluding hydrogens is 228 g/mol. The van der Waals surface area contributed by atoms with Crippen LogP contribution in [0.25, 0.3) is 0 Å². The highest BCUT2D eigenvalue weighted by molar-refractivity contribution is 4.84. The van der Waals surface area contributed by atoms with Gasteiger partial charge in [-0.3, -0.25) is 0 Å². The first-order valence-corrected chi connectivity index (χ1v) is 7.21. The molecule has 1 aliphatic carbocycles. The Morgan fingerprint density at radius 3 is 2.78 bits per heavy atom. The number of hydrogen-bond acceptors (Lipinski definition) is 4. The lowest BCUT2D eigenvalue weighted by Gasteiger charge is -2.37. The monoisotopic (exact) mass is 258 g/mol. The van der Waals surface area contributed by atoms with E-state index in [-0.39, 0.29) is 6.61 Å². The third-order valence-corrected chi connectivity index (χ3v) is 4.01. The molecule has 4 heteroatoms. The lowest BCUT2D eigenvalue weighted by molar-refractivity contribution is 0.0707. The van der Waals surface area contributed by atoms with Crippen LogP contribution in [0.15, 0.2) is 0 Å². The molecule has 0 bridgehead atoms. The summed E-state index contributed by atoms with van der Waals surface area (Å²) in [7, 11) is 4.24. The van der Waals surface area contributed by atoms with Crippen molar-refractivity contribution in [2.75, 3.05) is 47.0 Å². The van der Waals surface area contributed by atoms with Crippen molar-refractivity contribution in [3.8, 4) is 0 Å². The van der Waals surface area contributed by atoms with E-state index in [4.69, 9.17) is 9.84 Å².